The Morgan fingerprint density at radius 3 is 2.71 bits per heavy atom. The van der Waals surface area contributed by atoms with Crippen molar-refractivity contribution in [3.8, 4) is 0 Å². The van der Waals surface area contributed by atoms with Crippen LogP contribution in [0.25, 0.3) is 0 Å². The first-order valence-corrected chi connectivity index (χ1v) is 8.39. The highest BCUT2D eigenvalue weighted by Gasteiger charge is 2.28. The first-order valence-electron chi connectivity index (χ1n) is 6.91. The van der Waals surface area contributed by atoms with Crippen molar-refractivity contribution in [2.45, 2.75) is 50.7 Å². The molecule has 0 aromatic heterocycles. The quantitative estimate of drug-likeness (QED) is 0.834. The Balaban J connectivity index is 2.34. The molecule has 2 unspecified atom stereocenters. The lowest BCUT2D eigenvalue weighted by Gasteiger charge is -2.28. The standard InChI is InChI=1S/C14H21FN2O3S/c1-8-6-12(15)13(16)10(3)14(8)21(18,19)17-11-4-5-20-9(2)7-11/h6,9,11,17H,4-5,7,16H2,1-3H3. The molecule has 0 amide bonds. The van der Waals surface area contributed by atoms with Gasteiger partial charge in [-0.15, -0.1) is 0 Å². The molecule has 2 atom stereocenters. The Bertz CT molecular complexity index is 646. The summed E-state index contributed by atoms with van der Waals surface area (Å²) in [5.41, 5.74) is 6.10. The highest BCUT2D eigenvalue weighted by Crippen LogP contribution is 2.28. The molecule has 0 aliphatic carbocycles. The number of anilines is 1. The Kier molecular flexibility index (Phi) is 4.55. The van der Waals surface area contributed by atoms with Gasteiger partial charge in [-0.25, -0.2) is 17.5 Å². The van der Waals surface area contributed by atoms with Crippen molar-refractivity contribution in [1.29, 1.82) is 0 Å². The van der Waals surface area contributed by atoms with Crippen LogP contribution in [0, 0.1) is 19.7 Å². The predicted octanol–water partition coefficient (Wildman–Crippen LogP) is 1.87. The number of nitrogen functional groups attached to an aromatic ring is 1. The third-order valence-electron chi connectivity index (χ3n) is 3.78. The molecule has 2 rings (SSSR count). The minimum absolute atomic E-state index is 0.0203. The summed E-state index contributed by atoms with van der Waals surface area (Å²) >= 11 is 0. The largest absolute Gasteiger partial charge is 0.396 e. The second-order valence-corrected chi connectivity index (χ2v) is 7.22. The van der Waals surface area contributed by atoms with Crippen LogP contribution in [0.1, 0.15) is 30.9 Å². The van der Waals surface area contributed by atoms with E-state index in [1.54, 1.807) is 6.92 Å². The molecule has 3 N–H and O–H groups in total. The summed E-state index contributed by atoms with van der Waals surface area (Å²) in [5.74, 6) is -0.594. The molecule has 1 aliphatic heterocycles. The number of rotatable bonds is 3. The summed E-state index contributed by atoms with van der Waals surface area (Å²) in [5, 5.41) is 0. The van der Waals surface area contributed by atoms with Crippen molar-refractivity contribution in [2.24, 2.45) is 0 Å². The SMILES string of the molecule is Cc1cc(F)c(N)c(C)c1S(=O)(=O)NC1CCOC(C)C1. The van der Waals surface area contributed by atoms with E-state index in [0.717, 1.165) is 6.07 Å². The van der Waals surface area contributed by atoms with Crippen LogP contribution in [-0.4, -0.2) is 27.2 Å². The average Bonchev–Trinajstić information content (AvgIpc) is 2.35. The normalized spacial score (nSPS) is 23.2. The first kappa shape index (κ1) is 16.2. The molecule has 5 nitrogen and oxygen atoms in total. The maximum Gasteiger partial charge on any atom is 0.241 e. The Morgan fingerprint density at radius 2 is 2.10 bits per heavy atom. The third-order valence-corrected chi connectivity index (χ3v) is 5.59. The summed E-state index contributed by atoms with van der Waals surface area (Å²) in [6, 6.07) is 0.979. The molecule has 21 heavy (non-hydrogen) atoms. The summed E-state index contributed by atoms with van der Waals surface area (Å²) in [6.07, 6.45) is 1.26. The second-order valence-electron chi connectivity index (χ2n) is 5.57. The number of sulfonamides is 1. The molecule has 0 radical (unpaired) electrons. The van der Waals surface area contributed by atoms with Crippen molar-refractivity contribution in [3.63, 3.8) is 0 Å². The van der Waals surface area contributed by atoms with E-state index in [4.69, 9.17) is 10.5 Å². The molecule has 1 aliphatic rings. The van der Waals surface area contributed by atoms with Gasteiger partial charge in [0.1, 0.15) is 5.82 Å². The molecule has 118 valence electrons. The zero-order valence-electron chi connectivity index (χ0n) is 12.4. The van der Waals surface area contributed by atoms with Gasteiger partial charge in [0.2, 0.25) is 10.0 Å². The minimum atomic E-state index is -3.74. The molecule has 7 heteroatoms. The van der Waals surface area contributed by atoms with Crippen LogP contribution >= 0.6 is 0 Å². The van der Waals surface area contributed by atoms with Gasteiger partial charge in [0.25, 0.3) is 0 Å². The van der Waals surface area contributed by atoms with E-state index in [9.17, 15) is 12.8 Å². The number of nitrogens with one attached hydrogen (secondary N) is 1. The van der Waals surface area contributed by atoms with E-state index in [1.807, 2.05) is 6.92 Å². The number of ether oxygens (including phenoxy) is 1. The molecule has 1 aromatic rings. The summed E-state index contributed by atoms with van der Waals surface area (Å²) in [6.45, 7) is 5.52. The van der Waals surface area contributed by atoms with Gasteiger partial charge < -0.3 is 10.5 Å². The molecule has 1 saturated heterocycles. The Hall–Kier alpha value is -1.18. The monoisotopic (exact) mass is 316 g/mol. The molecule has 1 fully saturated rings. The number of halogens is 1. The first-order chi connectivity index (χ1) is 9.72. The Labute approximate surface area is 124 Å². The average molecular weight is 316 g/mol. The van der Waals surface area contributed by atoms with E-state index in [0.29, 0.717) is 25.0 Å². The fraction of sp³-hybridized carbons (Fsp3) is 0.571. The van der Waals surface area contributed by atoms with Crippen molar-refractivity contribution in [1.82, 2.24) is 4.72 Å². The van der Waals surface area contributed by atoms with Crippen molar-refractivity contribution < 1.29 is 17.5 Å². The molecule has 1 heterocycles. The van der Waals surface area contributed by atoms with Gasteiger partial charge in [0.15, 0.2) is 0 Å². The van der Waals surface area contributed by atoms with E-state index >= 15 is 0 Å². The van der Waals surface area contributed by atoms with Crippen LogP contribution in [-0.2, 0) is 14.8 Å². The molecule has 0 spiro atoms. The molecular weight excluding hydrogens is 295 g/mol. The van der Waals surface area contributed by atoms with Crippen molar-refractivity contribution in [3.05, 3.63) is 23.0 Å². The third kappa shape index (κ3) is 3.36. The lowest BCUT2D eigenvalue weighted by Crippen LogP contribution is -2.41. The van der Waals surface area contributed by atoms with Crippen LogP contribution in [0.5, 0.6) is 0 Å². The lowest BCUT2D eigenvalue weighted by molar-refractivity contribution is 0.0173. The minimum Gasteiger partial charge on any atom is -0.396 e. The van der Waals surface area contributed by atoms with Gasteiger partial charge in [-0.05, 0) is 50.8 Å². The number of hydrogen-bond donors (Lipinski definition) is 2. The topological polar surface area (TPSA) is 81.4 Å². The maximum atomic E-state index is 13.6. The molecular formula is C14H21FN2O3S. The molecule has 1 aromatic carbocycles. The number of nitrogens with two attached hydrogens (primary N) is 1. The lowest BCUT2D eigenvalue weighted by atomic mass is 10.1. The van der Waals surface area contributed by atoms with Gasteiger partial charge in [0.05, 0.1) is 16.7 Å². The summed E-state index contributed by atoms with van der Waals surface area (Å²) < 4.78 is 46.8. The van der Waals surface area contributed by atoms with Gasteiger partial charge in [-0.2, -0.15) is 0 Å². The van der Waals surface area contributed by atoms with Gasteiger partial charge in [-0.3, -0.25) is 0 Å². The van der Waals surface area contributed by atoms with Crippen molar-refractivity contribution >= 4 is 15.7 Å². The maximum absolute atomic E-state index is 13.6. The molecule has 0 saturated carbocycles. The van der Waals surface area contributed by atoms with Crippen LogP contribution in [0.2, 0.25) is 0 Å². The van der Waals surface area contributed by atoms with Gasteiger partial charge in [0, 0.05) is 12.6 Å². The van der Waals surface area contributed by atoms with Crippen LogP contribution in [0.4, 0.5) is 10.1 Å². The van der Waals surface area contributed by atoms with E-state index in [1.165, 1.54) is 6.92 Å². The predicted molar refractivity (Wildman–Crippen MR) is 79.0 cm³/mol. The van der Waals surface area contributed by atoms with Crippen LogP contribution in [0.15, 0.2) is 11.0 Å². The second kappa shape index (κ2) is 5.90. The highest BCUT2D eigenvalue weighted by atomic mass is 32.2. The highest BCUT2D eigenvalue weighted by molar-refractivity contribution is 7.89. The van der Waals surface area contributed by atoms with E-state index in [2.05, 4.69) is 4.72 Å². The van der Waals surface area contributed by atoms with E-state index in [-0.39, 0.29) is 28.3 Å². The summed E-state index contributed by atoms with van der Waals surface area (Å²) in [4.78, 5) is 0.0699. The van der Waals surface area contributed by atoms with E-state index < -0.39 is 15.8 Å². The van der Waals surface area contributed by atoms with Gasteiger partial charge in [-0.1, -0.05) is 0 Å². The zero-order valence-corrected chi connectivity index (χ0v) is 13.3. The number of hydrogen-bond acceptors (Lipinski definition) is 4. The van der Waals surface area contributed by atoms with Crippen molar-refractivity contribution in [2.75, 3.05) is 12.3 Å². The number of benzene rings is 1. The number of aryl methyl sites for hydroxylation is 1. The fourth-order valence-corrected chi connectivity index (χ4v) is 4.49. The van der Waals surface area contributed by atoms with Crippen LogP contribution < -0.4 is 10.5 Å². The van der Waals surface area contributed by atoms with Gasteiger partial charge >= 0.3 is 0 Å². The molecule has 0 bridgehead atoms. The smallest absolute Gasteiger partial charge is 0.241 e. The Morgan fingerprint density at radius 1 is 1.43 bits per heavy atom. The fourth-order valence-electron chi connectivity index (χ4n) is 2.73. The van der Waals surface area contributed by atoms with Crippen LogP contribution in [0.3, 0.4) is 0 Å². The summed E-state index contributed by atoms with van der Waals surface area (Å²) in [7, 11) is -3.74. The zero-order chi connectivity index (χ0) is 15.8.